The van der Waals surface area contributed by atoms with Crippen LogP contribution >= 0.6 is 27.5 Å². The van der Waals surface area contributed by atoms with Gasteiger partial charge >= 0.3 is 0 Å². The van der Waals surface area contributed by atoms with E-state index in [1.807, 2.05) is 0 Å². The van der Waals surface area contributed by atoms with Gasteiger partial charge in [-0.3, -0.25) is 10.1 Å². The van der Waals surface area contributed by atoms with Gasteiger partial charge in [0.1, 0.15) is 0 Å². The Morgan fingerprint density at radius 3 is 2.79 bits per heavy atom. The summed E-state index contributed by atoms with van der Waals surface area (Å²) in [5, 5.41) is 13.9. The number of hydrogen-bond donors (Lipinski definition) is 1. The zero-order valence-electron chi connectivity index (χ0n) is 7.38. The quantitative estimate of drug-likeness (QED) is 0.684. The number of benzene rings is 1. The molecule has 0 heterocycles. The van der Waals surface area contributed by atoms with Crippen molar-refractivity contribution >= 4 is 33.2 Å². The van der Waals surface area contributed by atoms with Gasteiger partial charge in [-0.15, -0.1) is 0 Å². The number of nitro benzene ring substituents is 1. The standard InChI is InChI=1S/C8H8BrClN2O2/c1-11-4-6-7(9)2-5(10)3-8(6)12(13)14/h2-3,11H,4H2,1H3. The topological polar surface area (TPSA) is 55.2 Å². The van der Waals surface area contributed by atoms with Crippen LogP contribution in [0.2, 0.25) is 5.02 Å². The Balaban J connectivity index is 3.28. The smallest absolute Gasteiger partial charge is 0.276 e. The van der Waals surface area contributed by atoms with Crippen LogP contribution in [0, 0.1) is 10.1 Å². The first-order valence-electron chi connectivity index (χ1n) is 3.83. The Morgan fingerprint density at radius 1 is 1.64 bits per heavy atom. The summed E-state index contributed by atoms with van der Waals surface area (Å²) in [7, 11) is 1.73. The predicted molar refractivity (Wildman–Crippen MR) is 58.6 cm³/mol. The van der Waals surface area contributed by atoms with E-state index in [0.29, 0.717) is 21.6 Å². The minimum absolute atomic E-state index is 0.0266. The van der Waals surface area contributed by atoms with Gasteiger partial charge in [0, 0.05) is 22.1 Å². The van der Waals surface area contributed by atoms with Gasteiger partial charge in [0.15, 0.2) is 0 Å². The molecule has 0 aromatic heterocycles. The van der Waals surface area contributed by atoms with Gasteiger partial charge in [-0.05, 0) is 13.1 Å². The van der Waals surface area contributed by atoms with Crippen molar-refractivity contribution in [3.05, 3.63) is 37.3 Å². The highest BCUT2D eigenvalue weighted by atomic mass is 79.9. The minimum Gasteiger partial charge on any atom is -0.315 e. The van der Waals surface area contributed by atoms with Crippen LogP contribution in [0.4, 0.5) is 5.69 Å². The molecule has 0 unspecified atom stereocenters. The molecule has 0 aliphatic carbocycles. The van der Waals surface area contributed by atoms with E-state index in [9.17, 15) is 10.1 Å². The monoisotopic (exact) mass is 278 g/mol. The third kappa shape index (κ3) is 2.43. The van der Waals surface area contributed by atoms with Crippen LogP contribution in [0.1, 0.15) is 5.56 Å². The van der Waals surface area contributed by atoms with Crippen molar-refractivity contribution in [2.24, 2.45) is 0 Å². The maximum atomic E-state index is 10.7. The number of nitrogens with zero attached hydrogens (tertiary/aromatic N) is 1. The largest absolute Gasteiger partial charge is 0.315 e. The van der Waals surface area contributed by atoms with E-state index in [0.717, 1.165) is 0 Å². The molecule has 6 heteroatoms. The summed E-state index contributed by atoms with van der Waals surface area (Å²) >= 11 is 8.95. The number of nitro groups is 1. The number of nitrogens with one attached hydrogen (secondary N) is 1. The summed E-state index contributed by atoms with van der Waals surface area (Å²) in [5.41, 5.74) is 0.626. The van der Waals surface area contributed by atoms with Gasteiger partial charge in [0.2, 0.25) is 0 Å². The molecule has 1 aromatic rings. The molecule has 1 N–H and O–H groups in total. The summed E-state index contributed by atoms with van der Waals surface area (Å²) in [5.74, 6) is 0. The summed E-state index contributed by atoms with van der Waals surface area (Å²) in [4.78, 5) is 10.3. The van der Waals surface area contributed by atoms with Crippen molar-refractivity contribution in [2.75, 3.05) is 7.05 Å². The second-order valence-corrected chi connectivity index (χ2v) is 3.96. The van der Waals surface area contributed by atoms with E-state index in [1.54, 1.807) is 13.1 Å². The Labute approximate surface area is 94.5 Å². The van der Waals surface area contributed by atoms with Crippen molar-refractivity contribution in [3.63, 3.8) is 0 Å². The molecule has 0 amide bonds. The summed E-state index contributed by atoms with van der Waals surface area (Å²) in [6.07, 6.45) is 0. The van der Waals surface area contributed by atoms with Crippen LogP contribution in [0.15, 0.2) is 16.6 Å². The van der Waals surface area contributed by atoms with Crippen LogP contribution in [0.5, 0.6) is 0 Å². The molecule has 0 atom stereocenters. The molecule has 0 radical (unpaired) electrons. The first-order valence-corrected chi connectivity index (χ1v) is 5.00. The van der Waals surface area contributed by atoms with Crippen LogP contribution in [0.3, 0.4) is 0 Å². The highest BCUT2D eigenvalue weighted by Crippen LogP contribution is 2.30. The Bertz CT molecular complexity index is 371. The highest BCUT2D eigenvalue weighted by Gasteiger charge is 2.17. The van der Waals surface area contributed by atoms with Gasteiger partial charge < -0.3 is 5.32 Å². The first kappa shape index (κ1) is 11.4. The van der Waals surface area contributed by atoms with Gasteiger partial charge in [0.25, 0.3) is 5.69 Å². The van der Waals surface area contributed by atoms with E-state index < -0.39 is 4.92 Å². The van der Waals surface area contributed by atoms with Crippen LogP contribution < -0.4 is 5.32 Å². The first-order chi connectivity index (χ1) is 6.56. The maximum absolute atomic E-state index is 10.7. The summed E-state index contributed by atoms with van der Waals surface area (Å²) in [6.45, 7) is 0.425. The fraction of sp³-hybridized carbons (Fsp3) is 0.250. The Morgan fingerprint density at radius 2 is 2.29 bits per heavy atom. The Hall–Kier alpha value is -0.650. The van der Waals surface area contributed by atoms with Crippen molar-refractivity contribution in [3.8, 4) is 0 Å². The lowest BCUT2D eigenvalue weighted by Gasteiger charge is -2.05. The molecule has 0 aliphatic rings. The highest BCUT2D eigenvalue weighted by molar-refractivity contribution is 9.10. The number of hydrogen-bond acceptors (Lipinski definition) is 3. The maximum Gasteiger partial charge on any atom is 0.276 e. The second kappa shape index (κ2) is 4.72. The van der Waals surface area contributed by atoms with Crippen molar-refractivity contribution in [1.29, 1.82) is 0 Å². The molecule has 76 valence electrons. The predicted octanol–water partition coefficient (Wildman–Crippen LogP) is 2.73. The number of rotatable bonds is 3. The molecule has 0 saturated carbocycles. The van der Waals surface area contributed by atoms with Gasteiger partial charge in [-0.25, -0.2) is 0 Å². The average molecular weight is 280 g/mol. The van der Waals surface area contributed by atoms with Crippen LogP contribution in [-0.4, -0.2) is 12.0 Å². The molecule has 0 spiro atoms. The third-order valence-electron chi connectivity index (χ3n) is 1.69. The SMILES string of the molecule is CNCc1c(Br)cc(Cl)cc1[N+](=O)[O-]. The number of halogens is 2. The molecule has 0 aliphatic heterocycles. The second-order valence-electron chi connectivity index (χ2n) is 2.67. The van der Waals surface area contributed by atoms with E-state index in [2.05, 4.69) is 21.2 Å². The average Bonchev–Trinajstić information content (AvgIpc) is 2.09. The van der Waals surface area contributed by atoms with Crippen LogP contribution in [0.25, 0.3) is 0 Å². The van der Waals surface area contributed by atoms with Crippen molar-refractivity contribution in [2.45, 2.75) is 6.54 Å². The zero-order valence-corrected chi connectivity index (χ0v) is 9.72. The van der Waals surface area contributed by atoms with Crippen LogP contribution in [-0.2, 0) is 6.54 Å². The fourth-order valence-electron chi connectivity index (χ4n) is 1.10. The van der Waals surface area contributed by atoms with Gasteiger partial charge in [-0.1, -0.05) is 27.5 Å². The van der Waals surface area contributed by atoms with Crippen molar-refractivity contribution in [1.82, 2.24) is 5.32 Å². The zero-order chi connectivity index (χ0) is 10.7. The molecule has 4 nitrogen and oxygen atoms in total. The van der Waals surface area contributed by atoms with E-state index in [1.165, 1.54) is 6.07 Å². The fourth-order valence-corrected chi connectivity index (χ4v) is 2.04. The van der Waals surface area contributed by atoms with Crippen molar-refractivity contribution < 1.29 is 4.92 Å². The van der Waals surface area contributed by atoms with Gasteiger partial charge in [0.05, 0.1) is 10.5 Å². The molecule has 14 heavy (non-hydrogen) atoms. The lowest BCUT2D eigenvalue weighted by Crippen LogP contribution is -2.08. The molecule has 0 bridgehead atoms. The lowest BCUT2D eigenvalue weighted by atomic mass is 10.2. The molecular weight excluding hydrogens is 271 g/mol. The molecule has 0 fully saturated rings. The molecule has 1 aromatic carbocycles. The summed E-state index contributed by atoms with van der Waals surface area (Å²) in [6, 6.07) is 2.99. The third-order valence-corrected chi connectivity index (χ3v) is 2.61. The molecule has 1 rings (SSSR count). The van der Waals surface area contributed by atoms with Gasteiger partial charge in [-0.2, -0.15) is 0 Å². The Kier molecular flexibility index (Phi) is 3.86. The van der Waals surface area contributed by atoms with E-state index in [-0.39, 0.29) is 5.69 Å². The minimum atomic E-state index is -0.441. The molecular formula is C8H8BrClN2O2. The summed E-state index contributed by atoms with van der Waals surface area (Å²) < 4.78 is 0.644. The van der Waals surface area contributed by atoms with E-state index >= 15 is 0 Å². The van der Waals surface area contributed by atoms with E-state index in [4.69, 9.17) is 11.6 Å². The normalized spacial score (nSPS) is 10.2. The lowest BCUT2D eigenvalue weighted by molar-refractivity contribution is -0.385. The molecule has 0 saturated heterocycles.